The summed E-state index contributed by atoms with van der Waals surface area (Å²) in [6.07, 6.45) is -0.599. The summed E-state index contributed by atoms with van der Waals surface area (Å²) in [5, 5.41) is 6.94. The first-order chi connectivity index (χ1) is 13.4. The molecule has 3 amide bonds. The van der Waals surface area contributed by atoms with E-state index < -0.39 is 18.2 Å². The van der Waals surface area contributed by atoms with Gasteiger partial charge in [0.1, 0.15) is 5.75 Å². The van der Waals surface area contributed by atoms with Gasteiger partial charge in [-0.2, -0.15) is 5.10 Å². The van der Waals surface area contributed by atoms with Crippen LogP contribution in [0.5, 0.6) is 5.75 Å². The third-order valence-corrected chi connectivity index (χ3v) is 5.05. The van der Waals surface area contributed by atoms with Gasteiger partial charge >= 0.3 is 6.03 Å². The number of hydrogen-bond acceptors (Lipinski definition) is 6. The van der Waals surface area contributed by atoms with Crippen LogP contribution in [-0.4, -0.2) is 63.8 Å². The molecule has 1 aromatic heterocycles. The van der Waals surface area contributed by atoms with Crippen molar-refractivity contribution >= 4 is 17.9 Å². The van der Waals surface area contributed by atoms with Crippen LogP contribution in [0.15, 0.2) is 35.3 Å². The van der Waals surface area contributed by atoms with Crippen LogP contribution < -0.4 is 10.1 Å². The van der Waals surface area contributed by atoms with Crippen molar-refractivity contribution in [3.63, 3.8) is 0 Å². The molecule has 0 spiro atoms. The number of carbonyl (C=O) groups excluding carboxylic acids is 2. The van der Waals surface area contributed by atoms with Crippen molar-refractivity contribution in [2.45, 2.75) is 32.6 Å². The lowest BCUT2D eigenvalue weighted by Crippen LogP contribution is -2.63. The molecule has 3 heterocycles. The highest BCUT2D eigenvalue weighted by Gasteiger charge is 2.49. The van der Waals surface area contributed by atoms with Crippen LogP contribution in [0.1, 0.15) is 17.0 Å². The van der Waals surface area contributed by atoms with Crippen molar-refractivity contribution in [2.75, 3.05) is 14.2 Å². The van der Waals surface area contributed by atoms with Crippen LogP contribution in [0, 0.1) is 13.8 Å². The maximum Gasteiger partial charge on any atom is 0.325 e. The van der Waals surface area contributed by atoms with Crippen LogP contribution in [0.4, 0.5) is 4.79 Å². The van der Waals surface area contributed by atoms with Gasteiger partial charge in [0.05, 0.1) is 12.8 Å². The van der Waals surface area contributed by atoms with E-state index in [-0.39, 0.29) is 5.91 Å². The lowest BCUT2D eigenvalue weighted by molar-refractivity contribution is -0.127. The molecule has 1 N–H and O–H groups in total. The van der Waals surface area contributed by atoms with Gasteiger partial charge in [-0.05, 0) is 37.6 Å². The number of aryl methyl sites for hydroxylation is 2. The molecule has 0 saturated carbocycles. The first-order valence-corrected chi connectivity index (χ1v) is 8.97. The largest absolute Gasteiger partial charge is 0.497 e. The number of hydrogen-bond donors (Lipinski definition) is 1. The van der Waals surface area contributed by atoms with Crippen LogP contribution in [0.3, 0.4) is 0 Å². The highest BCUT2D eigenvalue weighted by atomic mass is 16.5. The second-order valence-corrected chi connectivity index (χ2v) is 7.01. The molecule has 0 radical (unpaired) electrons. The molecule has 4 rings (SSSR count). The first kappa shape index (κ1) is 18.0. The molecule has 9 nitrogen and oxygen atoms in total. The van der Waals surface area contributed by atoms with Gasteiger partial charge in [-0.15, -0.1) is 0 Å². The van der Waals surface area contributed by atoms with Crippen LogP contribution in [0.25, 0.3) is 0 Å². The number of aliphatic imine (C=N–C) groups is 1. The molecule has 1 saturated heterocycles. The minimum atomic E-state index is -0.622. The molecule has 0 bridgehead atoms. The second-order valence-electron chi connectivity index (χ2n) is 7.01. The van der Waals surface area contributed by atoms with Gasteiger partial charge in [-0.1, -0.05) is 12.1 Å². The van der Waals surface area contributed by atoms with Crippen molar-refractivity contribution in [1.82, 2.24) is 24.9 Å². The summed E-state index contributed by atoms with van der Waals surface area (Å²) >= 11 is 0. The lowest BCUT2D eigenvalue weighted by atomic mass is 10.1. The van der Waals surface area contributed by atoms with Gasteiger partial charge in [0.2, 0.25) is 5.96 Å². The number of methoxy groups -OCH3 is 1. The summed E-state index contributed by atoms with van der Waals surface area (Å²) in [7, 11) is 3.26. The molecule has 2 atom stereocenters. The Hall–Kier alpha value is -3.36. The van der Waals surface area contributed by atoms with E-state index in [2.05, 4.69) is 10.4 Å². The molecular formula is C19H22N6O3. The van der Waals surface area contributed by atoms with E-state index >= 15 is 0 Å². The summed E-state index contributed by atoms with van der Waals surface area (Å²) in [5.74, 6) is 0.950. The third kappa shape index (κ3) is 2.88. The molecule has 2 aromatic rings. The molecule has 2 aliphatic rings. The van der Waals surface area contributed by atoms with Gasteiger partial charge in [0.25, 0.3) is 5.91 Å². The molecule has 28 heavy (non-hydrogen) atoms. The average molecular weight is 382 g/mol. The Kier molecular flexibility index (Phi) is 4.29. The van der Waals surface area contributed by atoms with Crippen LogP contribution in [0.2, 0.25) is 0 Å². The Morgan fingerprint density at radius 1 is 1.18 bits per heavy atom. The van der Waals surface area contributed by atoms with Crippen LogP contribution >= 0.6 is 0 Å². The Bertz CT molecular complexity index is 965. The number of imide groups is 1. The molecule has 2 unspecified atom stereocenters. The van der Waals surface area contributed by atoms with E-state index in [1.165, 1.54) is 4.90 Å². The summed E-state index contributed by atoms with van der Waals surface area (Å²) in [4.78, 5) is 32.8. The fourth-order valence-corrected chi connectivity index (χ4v) is 3.62. The maximum absolute atomic E-state index is 12.7. The molecule has 0 aliphatic carbocycles. The van der Waals surface area contributed by atoms with Gasteiger partial charge in [-0.25, -0.2) is 14.5 Å². The number of fused-ring (bicyclic) bond motifs is 1. The highest BCUT2D eigenvalue weighted by Crippen LogP contribution is 2.27. The normalized spacial score (nSPS) is 21.5. The standard InChI is InChI=1S/C19H22N6O3/c1-11-9-12(2)25(22-11)18-20-16-15(17(26)21-19(27)23(16)3)24(18)10-13-5-7-14(28-4)8-6-13/h5-9,15-16H,10H2,1-4H3,(H,21,26,27). The van der Waals surface area contributed by atoms with Crippen molar-refractivity contribution < 1.29 is 14.3 Å². The smallest absolute Gasteiger partial charge is 0.325 e. The van der Waals surface area contributed by atoms with Crippen molar-refractivity contribution in [2.24, 2.45) is 4.99 Å². The monoisotopic (exact) mass is 382 g/mol. The molecule has 1 fully saturated rings. The zero-order valence-electron chi connectivity index (χ0n) is 16.2. The Morgan fingerprint density at radius 3 is 2.50 bits per heavy atom. The number of rotatable bonds is 3. The zero-order chi connectivity index (χ0) is 20.0. The van der Waals surface area contributed by atoms with E-state index in [9.17, 15) is 9.59 Å². The molecule has 2 aliphatic heterocycles. The van der Waals surface area contributed by atoms with Crippen molar-refractivity contribution in [3.8, 4) is 5.75 Å². The summed E-state index contributed by atoms with van der Waals surface area (Å²) < 4.78 is 6.94. The highest BCUT2D eigenvalue weighted by molar-refractivity contribution is 6.04. The number of aromatic nitrogens is 2. The number of carbonyl (C=O) groups is 2. The Morgan fingerprint density at radius 2 is 1.89 bits per heavy atom. The van der Waals surface area contributed by atoms with Crippen molar-refractivity contribution in [3.05, 3.63) is 47.3 Å². The van der Waals surface area contributed by atoms with Crippen molar-refractivity contribution in [1.29, 1.82) is 0 Å². The molecule has 1 aromatic carbocycles. The lowest BCUT2D eigenvalue weighted by Gasteiger charge is -2.36. The van der Waals surface area contributed by atoms with Gasteiger partial charge in [0.15, 0.2) is 12.2 Å². The topological polar surface area (TPSA) is 92.1 Å². The van der Waals surface area contributed by atoms with E-state index in [0.29, 0.717) is 12.5 Å². The summed E-state index contributed by atoms with van der Waals surface area (Å²) in [6.45, 7) is 4.28. The number of benzene rings is 1. The number of nitrogens with one attached hydrogen (secondary N) is 1. The predicted molar refractivity (Wildman–Crippen MR) is 102 cm³/mol. The number of likely N-dealkylation sites (N-methyl/N-ethyl adjacent to an activating group) is 1. The van der Waals surface area contributed by atoms with E-state index in [1.54, 1.807) is 18.8 Å². The maximum atomic E-state index is 12.7. The van der Waals surface area contributed by atoms with E-state index in [1.807, 2.05) is 49.1 Å². The Labute approximate surface area is 162 Å². The second kappa shape index (κ2) is 6.66. The minimum absolute atomic E-state index is 0.359. The summed E-state index contributed by atoms with van der Waals surface area (Å²) in [5.41, 5.74) is 2.75. The fourth-order valence-electron chi connectivity index (χ4n) is 3.62. The third-order valence-electron chi connectivity index (χ3n) is 5.05. The molecule has 9 heteroatoms. The SMILES string of the molecule is COc1ccc(CN2C(n3nc(C)cc3C)=NC3C2C(=O)NC(=O)N3C)cc1. The Balaban J connectivity index is 1.75. The predicted octanol–water partition coefficient (Wildman–Crippen LogP) is 1.10. The van der Waals surface area contributed by atoms with Gasteiger partial charge in [0, 0.05) is 19.3 Å². The van der Waals surface area contributed by atoms with Gasteiger partial charge in [-0.3, -0.25) is 10.1 Å². The number of urea groups is 1. The minimum Gasteiger partial charge on any atom is -0.497 e. The van der Waals surface area contributed by atoms with E-state index in [4.69, 9.17) is 9.73 Å². The van der Waals surface area contributed by atoms with E-state index in [0.717, 1.165) is 22.7 Å². The molecule has 146 valence electrons. The number of nitrogens with zero attached hydrogens (tertiary/aromatic N) is 5. The first-order valence-electron chi connectivity index (χ1n) is 8.97. The number of amides is 3. The van der Waals surface area contributed by atoms with Crippen LogP contribution in [-0.2, 0) is 11.3 Å². The quantitative estimate of drug-likeness (QED) is 0.858. The average Bonchev–Trinajstić information content (AvgIpc) is 3.20. The molecular weight excluding hydrogens is 360 g/mol. The fraction of sp³-hybridized carbons (Fsp3) is 0.368. The van der Waals surface area contributed by atoms with Gasteiger partial charge < -0.3 is 14.5 Å². The summed E-state index contributed by atoms with van der Waals surface area (Å²) in [6, 6.07) is 8.52. The zero-order valence-corrected chi connectivity index (χ0v) is 16.2. The number of ether oxygens (including phenoxy) is 1.